The third-order valence-corrected chi connectivity index (χ3v) is 2.43. The van der Waals surface area contributed by atoms with Gasteiger partial charge in [0.1, 0.15) is 0 Å². The molecule has 1 saturated heterocycles. The molecule has 1 aromatic carbocycles. The lowest BCUT2D eigenvalue weighted by atomic mass is 9.98. The molecule has 0 amide bonds. The first-order valence-corrected chi connectivity index (χ1v) is 4.74. The van der Waals surface area contributed by atoms with Crippen molar-refractivity contribution in [2.75, 3.05) is 0 Å². The van der Waals surface area contributed by atoms with Crippen molar-refractivity contribution < 1.29 is 23.1 Å². The van der Waals surface area contributed by atoms with Crippen LogP contribution in [0.5, 0.6) is 0 Å². The summed E-state index contributed by atoms with van der Waals surface area (Å²) in [6.07, 6.45) is 0.180. The first-order valence-electron chi connectivity index (χ1n) is 4.74. The van der Waals surface area contributed by atoms with Crippen LogP contribution in [-0.2, 0) is 20.7 Å². The second-order valence-corrected chi connectivity index (χ2v) is 3.65. The molecule has 1 atom stereocenters. The molecule has 1 aromatic rings. The fourth-order valence-electron chi connectivity index (χ4n) is 1.63. The minimum absolute atomic E-state index is 0.00215. The molecule has 0 spiro atoms. The molecular weight excluding hydrogens is 218 g/mol. The molecule has 0 saturated carbocycles. The van der Waals surface area contributed by atoms with Gasteiger partial charge in [-0.05, 0) is 24.1 Å². The maximum Gasteiger partial charge on any atom is 0.317 e. The molecule has 1 aliphatic rings. The summed E-state index contributed by atoms with van der Waals surface area (Å²) in [5.41, 5.74) is 0.468. The highest BCUT2D eigenvalue weighted by Crippen LogP contribution is 2.21. The quantitative estimate of drug-likeness (QED) is 0.568. The van der Waals surface area contributed by atoms with E-state index in [-0.39, 0.29) is 12.8 Å². The Bertz CT molecular complexity index is 457. The average Bonchev–Trinajstić information content (AvgIpc) is 2.51. The number of hydrogen-bond acceptors (Lipinski definition) is 3. The SMILES string of the molecule is O=C1CC(Cc2ccc(F)c(F)c2)C(=O)O1. The van der Waals surface area contributed by atoms with Crippen LogP contribution in [-0.4, -0.2) is 11.9 Å². The molecule has 0 bridgehead atoms. The van der Waals surface area contributed by atoms with Crippen LogP contribution in [0, 0.1) is 17.6 Å². The van der Waals surface area contributed by atoms with Crippen LogP contribution < -0.4 is 0 Å². The van der Waals surface area contributed by atoms with Crippen molar-refractivity contribution in [1.29, 1.82) is 0 Å². The fraction of sp³-hybridized carbons (Fsp3) is 0.273. The van der Waals surface area contributed by atoms with Crippen molar-refractivity contribution in [2.24, 2.45) is 5.92 Å². The number of rotatable bonds is 2. The highest BCUT2D eigenvalue weighted by molar-refractivity contribution is 5.94. The average molecular weight is 226 g/mol. The van der Waals surface area contributed by atoms with E-state index in [9.17, 15) is 18.4 Å². The van der Waals surface area contributed by atoms with Crippen molar-refractivity contribution in [1.82, 2.24) is 0 Å². The Labute approximate surface area is 90.0 Å². The number of cyclic esters (lactones) is 2. The molecule has 16 heavy (non-hydrogen) atoms. The lowest BCUT2D eigenvalue weighted by Gasteiger charge is -2.04. The van der Waals surface area contributed by atoms with E-state index in [1.165, 1.54) is 6.07 Å². The minimum atomic E-state index is -0.963. The summed E-state index contributed by atoms with van der Waals surface area (Å²) in [6.45, 7) is 0. The molecule has 0 aliphatic carbocycles. The van der Waals surface area contributed by atoms with E-state index in [1.807, 2.05) is 0 Å². The normalized spacial score (nSPS) is 20.0. The van der Waals surface area contributed by atoms with Crippen molar-refractivity contribution >= 4 is 11.9 Å². The summed E-state index contributed by atoms with van der Waals surface area (Å²) < 4.78 is 29.9. The number of halogens is 2. The van der Waals surface area contributed by atoms with Crippen molar-refractivity contribution in [3.8, 4) is 0 Å². The third kappa shape index (κ3) is 2.08. The van der Waals surface area contributed by atoms with Gasteiger partial charge in [-0.1, -0.05) is 6.07 Å². The van der Waals surface area contributed by atoms with Gasteiger partial charge < -0.3 is 4.74 Å². The van der Waals surface area contributed by atoms with E-state index in [4.69, 9.17) is 0 Å². The van der Waals surface area contributed by atoms with E-state index >= 15 is 0 Å². The number of esters is 2. The smallest absolute Gasteiger partial charge is 0.317 e. The summed E-state index contributed by atoms with van der Waals surface area (Å²) in [5.74, 6) is -3.66. The Morgan fingerprint density at radius 2 is 2.00 bits per heavy atom. The first kappa shape index (κ1) is 10.7. The molecule has 2 rings (SSSR count). The monoisotopic (exact) mass is 226 g/mol. The second kappa shape index (κ2) is 4.00. The number of hydrogen-bond donors (Lipinski definition) is 0. The van der Waals surface area contributed by atoms with Crippen LogP contribution >= 0.6 is 0 Å². The fourth-order valence-corrected chi connectivity index (χ4v) is 1.63. The molecule has 0 radical (unpaired) electrons. The van der Waals surface area contributed by atoms with E-state index in [0.29, 0.717) is 5.56 Å². The lowest BCUT2D eigenvalue weighted by Crippen LogP contribution is -2.10. The van der Waals surface area contributed by atoms with E-state index in [2.05, 4.69) is 4.74 Å². The predicted octanol–water partition coefficient (Wildman–Crippen LogP) is 1.60. The van der Waals surface area contributed by atoms with Crippen LogP contribution in [0.15, 0.2) is 18.2 Å². The van der Waals surface area contributed by atoms with Crippen molar-refractivity contribution in [3.63, 3.8) is 0 Å². The molecule has 1 heterocycles. The standard InChI is InChI=1S/C11H8F2O3/c12-8-2-1-6(4-9(8)13)3-7-5-10(14)16-11(7)15/h1-2,4,7H,3,5H2. The van der Waals surface area contributed by atoms with Gasteiger partial charge >= 0.3 is 11.9 Å². The zero-order valence-electron chi connectivity index (χ0n) is 8.20. The Morgan fingerprint density at radius 3 is 2.56 bits per heavy atom. The highest BCUT2D eigenvalue weighted by Gasteiger charge is 2.33. The second-order valence-electron chi connectivity index (χ2n) is 3.65. The maximum atomic E-state index is 12.9. The van der Waals surface area contributed by atoms with E-state index < -0.39 is 29.5 Å². The Morgan fingerprint density at radius 1 is 1.25 bits per heavy atom. The van der Waals surface area contributed by atoms with Gasteiger partial charge in [-0.15, -0.1) is 0 Å². The van der Waals surface area contributed by atoms with Gasteiger partial charge in [0, 0.05) is 0 Å². The molecule has 1 unspecified atom stereocenters. The summed E-state index contributed by atoms with van der Waals surface area (Å²) in [5, 5.41) is 0. The predicted molar refractivity (Wildman–Crippen MR) is 49.3 cm³/mol. The van der Waals surface area contributed by atoms with Gasteiger partial charge in [0.05, 0.1) is 12.3 Å². The van der Waals surface area contributed by atoms with Crippen LogP contribution in [0.3, 0.4) is 0 Å². The van der Waals surface area contributed by atoms with Gasteiger partial charge in [-0.3, -0.25) is 9.59 Å². The minimum Gasteiger partial charge on any atom is -0.393 e. The van der Waals surface area contributed by atoms with E-state index in [0.717, 1.165) is 12.1 Å². The topological polar surface area (TPSA) is 43.4 Å². The summed E-state index contributed by atoms with van der Waals surface area (Å²) in [7, 11) is 0. The van der Waals surface area contributed by atoms with Crippen LogP contribution in [0.4, 0.5) is 8.78 Å². The molecule has 5 heteroatoms. The van der Waals surface area contributed by atoms with Crippen LogP contribution in [0.25, 0.3) is 0 Å². The number of carbonyl (C=O) groups is 2. The molecule has 1 aliphatic heterocycles. The van der Waals surface area contributed by atoms with Gasteiger partial charge in [0.2, 0.25) is 0 Å². The third-order valence-electron chi connectivity index (χ3n) is 2.43. The van der Waals surface area contributed by atoms with Gasteiger partial charge in [0.15, 0.2) is 11.6 Å². The Hall–Kier alpha value is -1.78. The molecular formula is C11H8F2O3. The van der Waals surface area contributed by atoms with Gasteiger partial charge in [-0.25, -0.2) is 8.78 Å². The summed E-state index contributed by atoms with van der Waals surface area (Å²) in [6, 6.07) is 3.40. The lowest BCUT2D eigenvalue weighted by molar-refractivity contribution is -0.153. The molecule has 0 aromatic heterocycles. The number of ether oxygens (including phenoxy) is 1. The number of carbonyl (C=O) groups excluding carboxylic acids is 2. The highest BCUT2D eigenvalue weighted by atomic mass is 19.2. The van der Waals surface area contributed by atoms with Crippen molar-refractivity contribution in [3.05, 3.63) is 35.4 Å². The molecule has 1 fully saturated rings. The molecule has 3 nitrogen and oxygen atoms in total. The van der Waals surface area contributed by atoms with Crippen LogP contribution in [0.1, 0.15) is 12.0 Å². The zero-order valence-corrected chi connectivity index (χ0v) is 8.20. The van der Waals surface area contributed by atoms with Gasteiger partial charge in [-0.2, -0.15) is 0 Å². The zero-order chi connectivity index (χ0) is 11.7. The van der Waals surface area contributed by atoms with Gasteiger partial charge in [0.25, 0.3) is 0 Å². The summed E-state index contributed by atoms with van der Waals surface area (Å²) >= 11 is 0. The summed E-state index contributed by atoms with van der Waals surface area (Å²) in [4.78, 5) is 21.9. The maximum absolute atomic E-state index is 12.9. The van der Waals surface area contributed by atoms with E-state index in [1.54, 1.807) is 0 Å². The Balaban J connectivity index is 2.12. The number of benzene rings is 1. The molecule has 0 N–H and O–H groups in total. The van der Waals surface area contributed by atoms with Crippen LogP contribution in [0.2, 0.25) is 0 Å². The molecule has 84 valence electrons. The van der Waals surface area contributed by atoms with Crippen molar-refractivity contribution in [2.45, 2.75) is 12.8 Å². The Kier molecular flexibility index (Phi) is 2.68. The largest absolute Gasteiger partial charge is 0.393 e. The first-order chi connectivity index (χ1) is 7.56.